The number of methoxy groups -OCH3 is 1. The normalized spacial score (nSPS) is 9.89. The van der Waals surface area contributed by atoms with E-state index in [1.54, 1.807) is 7.05 Å². The first-order valence-electron chi connectivity index (χ1n) is 5.56. The molecular formula is C13H17NO3S. The molecule has 18 heavy (non-hydrogen) atoms. The molecule has 98 valence electrons. The summed E-state index contributed by atoms with van der Waals surface area (Å²) in [5.41, 5.74) is 1.19. The Labute approximate surface area is 111 Å². The number of hydrogen-bond donors (Lipinski definition) is 0. The Bertz CT molecular complexity index is 394. The van der Waals surface area contributed by atoms with Gasteiger partial charge >= 0.3 is 5.97 Å². The minimum absolute atomic E-state index is 0.00122. The van der Waals surface area contributed by atoms with E-state index in [-0.39, 0.29) is 12.5 Å². The second kappa shape index (κ2) is 7.76. The Morgan fingerprint density at radius 2 is 1.94 bits per heavy atom. The molecule has 0 N–H and O–H groups in total. The number of hydrogen-bond acceptors (Lipinski definition) is 4. The quantitative estimate of drug-likeness (QED) is 0.734. The van der Waals surface area contributed by atoms with E-state index < -0.39 is 5.97 Å². The Morgan fingerprint density at radius 1 is 1.28 bits per heavy atom. The van der Waals surface area contributed by atoms with Gasteiger partial charge in [-0.15, -0.1) is 11.8 Å². The van der Waals surface area contributed by atoms with Crippen LogP contribution in [0.5, 0.6) is 0 Å². The predicted octanol–water partition coefficient (Wildman–Crippen LogP) is 1.55. The number of ether oxygens (including phenoxy) is 1. The maximum atomic E-state index is 11.7. The number of rotatable bonds is 6. The third-order valence-electron chi connectivity index (χ3n) is 2.36. The van der Waals surface area contributed by atoms with E-state index >= 15 is 0 Å². The standard InChI is InChI=1S/C13H17NO3S/c1-14(8-13(16)17-2)12(15)10-18-9-11-6-4-3-5-7-11/h3-7H,8-10H2,1-2H3. The fraction of sp³-hybridized carbons (Fsp3) is 0.385. The second-order valence-electron chi connectivity index (χ2n) is 3.80. The van der Waals surface area contributed by atoms with Crippen molar-refractivity contribution in [3.8, 4) is 0 Å². The summed E-state index contributed by atoms with van der Waals surface area (Å²) in [5.74, 6) is 0.682. The van der Waals surface area contributed by atoms with Gasteiger partial charge in [0, 0.05) is 12.8 Å². The fourth-order valence-corrected chi connectivity index (χ4v) is 2.21. The van der Waals surface area contributed by atoms with Crippen LogP contribution in [0, 0.1) is 0 Å². The molecule has 0 unspecified atom stereocenters. The van der Waals surface area contributed by atoms with E-state index in [1.165, 1.54) is 29.3 Å². The van der Waals surface area contributed by atoms with Crippen LogP contribution in [0.3, 0.4) is 0 Å². The van der Waals surface area contributed by atoms with Gasteiger partial charge in [0.1, 0.15) is 6.54 Å². The topological polar surface area (TPSA) is 46.6 Å². The molecular weight excluding hydrogens is 250 g/mol. The van der Waals surface area contributed by atoms with Crippen molar-refractivity contribution in [3.05, 3.63) is 35.9 Å². The Kier molecular flexibility index (Phi) is 6.28. The summed E-state index contributed by atoms with van der Waals surface area (Å²) in [7, 11) is 2.91. The van der Waals surface area contributed by atoms with Gasteiger partial charge in [-0.2, -0.15) is 0 Å². The third-order valence-corrected chi connectivity index (χ3v) is 3.35. The molecule has 0 aliphatic rings. The van der Waals surface area contributed by atoms with Crippen LogP contribution in [0.2, 0.25) is 0 Å². The van der Waals surface area contributed by atoms with Gasteiger partial charge < -0.3 is 9.64 Å². The lowest BCUT2D eigenvalue weighted by molar-refractivity contribution is -0.145. The molecule has 0 spiro atoms. The first kappa shape index (κ1) is 14.6. The molecule has 0 saturated heterocycles. The number of esters is 1. The number of benzene rings is 1. The highest BCUT2D eigenvalue weighted by Crippen LogP contribution is 2.11. The molecule has 0 aliphatic carbocycles. The van der Waals surface area contributed by atoms with Gasteiger partial charge in [-0.25, -0.2) is 0 Å². The Balaban J connectivity index is 2.26. The van der Waals surface area contributed by atoms with E-state index in [1.807, 2.05) is 30.3 Å². The molecule has 0 aliphatic heterocycles. The van der Waals surface area contributed by atoms with E-state index in [9.17, 15) is 9.59 Å². The van der Waals surface area contributed by atoms with Crippen LogP contribution in [0.15, 0.2) is 30.3 Å². The zero-order chi connectivity index (χ0) is 13.4. The first-order valence-corrected chi connectivity index (χ1v) is 6.71. The molecule has 0 bridgehead atoms. The van der Waals surface area contributed by atoms with Crippen LogP contribution < -0.4 is 0 Å². The van der Waals surface area contributed by atoms with Crippen molar-refractivity contribution in [1.29, 1.82) is 0 Å². The lowest BCUT2D eigenvalue weighted by Gasteiger charge is -2.15. The second-order valence-corrected chi connectivity index (χ2v) is 4.79. The zero-order valence-corrected chi connectivity index (χ0v) is 11.4. The molecule has 0 saturated carbocycles. The third kappa shape index (κ3) is 5.23. The van der Waals surface area contributed by atoms with Crippen LogP contribution >= 0.6 is 11.8 Å². The maximum absolute atomic E-state index is 11.7. The number of thioether (sulfide) groups is 1. The van der Waals surface area contributed by atoms with Crippen molar-refractivity contribution in [2.24, 2.45) is 0 Å². The van der Waals surface area contributed by atoms with Gasteiger partial charge in [-0.05, 0) is 5.56 Å². The molecule has 5 heteroatoms. The summed E-state index contributed by atoms with van der Waals surface area (Å²) in [4.78, 5) is 24.1. The SMILES string of the molecule is COC(=O)CN(C)C(=O)CSCc1ccccc1. The predicted molar refractivity (Wildman–Crippen MR) is 72.3 cm³/mol. The average molecular weight is 267 g/mol. The van der Waals surface area contributed by atoms with Crippen molar-refractivity contribution in [3.63, 3.8) is 0 Å². The van der Waals surface area contributed by atoms with Crippen LogP contribution in [-0.2, 0) is 20.1 Å². The lowest BCUT2D eigenvalue weighted by atomic mass is 10.2. The smallest absolute Gasteiger partial charge is 0.325 e. The van der Waals surface area contributed by atoms with E-state index in [2.05, 4.69) is 4.74 Å². The van der Waals surface area contributed by atoms with Gasteiger partial charge in [0.2, 0.25) is 5.91 Å². The summed E-state index contributed by atoms with van der Waals surface area (Å²) in [6.07, 6.45) is 0. The molecule has 0 radical (unpaired) electrons. The van der Waals surface area contributed by atoms with E-state index in [0.29, 0.717) is 5.75 Å². The van der Waals surface area contributed by atoms with Crippen LogP contribution in [-0.4, -0.2) is 43.2 Å². The molecule has 1 aromatic carbocycles. The number of amides is 1. The van der Waals surface area contributed by atoms with Gasteiger partial charge in [0.05, 0.1) is 12.9 Å². The van der Waals surface area contributed by atoms with E-state index in [0.717, 1.165) is 5.75 Å². The van der Waals surface area contributed by atoms with Gasteiger partial charge in [-0.3, -0.25) is 9.59 Å². The minimum atomic E-state index is -0.404. The summed E-state index contributed by atoms with van der Waals surface area (Å²) in [5, 5.41) is 0. The first-order chi connectivity index (χ1) is 8.63. The lowest BCUT2D eigenvalue weighted by Crippen LogP contribution is -2.33. The summed E-state index contributed by atoms with van der Waals surface area (Å²) < 4.78 is 4.51. The average Bonchev–Trinajstić information content (AvgIpc) is 2.39. The Morgan fingerprint density at radius 3 is 2.56 bits per heavy atom. The summed E-state index contributed by atoms with van der Waals surface area (Å²) in [6, 6.07) is 9.96. The minimum Gasteiger partial charge on any atom is -0.468 e. The molecule has 0 heterocycles. The van der Waals surface area contributed by atoms with Crippen LogP contribution in [0.1, 0.15) is 5.56 Å². The largest absolute Gasteiger partial charge is 0.468 e. The van der Waals surface area contributed by atoms with Crippen LogP contribution in [0.25, 0.3) is 0 Å². The molecule has 0 atom stereocenters. The number of carbonyl (C=O) groups excluding carboxylic acids is 2. The van der Waals surface area contributed by atoms with Crippen molar-refractivity contribution >= 4 is 23.6 Å². The molecule has 4 nitrogen and oxygen atoms in total. The molecule has 1 rings (SSSR count). The highest BCUT2D eigenvalue weighted by Gasteiger charge is 2.12. The van der Waals surface area contributed by atoms with Crippen molar-refractivity contribution in [2.75, 3.05) is 26.5 Å². The van der Waals surface area contributed by atoms with Crippen LogP contribution in [0.4, 0.5) is 0 Å². The number of nitrogens with zero attached hydrogens (tertiary/aromatic N) is 1. The molecule has 1 aromatic rings. The van der Waals surface area contributed by atoms with E-state index in [4.69, 9.17) is 0 Å². The number of likely N-dealkylation sites (N-methyl/N-ethyl adjacent to an activating group) is 1. The molecule has 0 aromatic heterocycles. The zero-order valence-electron chi connectivity index (χ0n) is 10.6. The molecule has 0 fully saturated rings. The highest BCUT2D eigenvalue weighted by molar-refractivity contribution is 7.99. The fourth-order valence-electron chi connectivity index (χ4n) is 1.29. The maximum Gasteiger partial charge on any atom is 0.325 e. The monoisotopic (exact) mass is 267 g/mol. The number of carbonyl (C=O) groups is 2. The van der Waals surface area contributed by atoms with Gasteiger partial charge in [-0.1, -0.05) is 30.3 Å². The molecule has 1 amide bonds. The summed E-state index contributed by atoms with van der Waals surface area (Å²) in [6.45, 7) is 0.00122. The Hall–Kier alpha value is -1.49. The van der Waals surface area contributed by atoms with Gasteiger partial charge in [0.15, 0.2) is 0 Å². The van der Waals surface area contributed by atoms with Crippen molar-refractivity contribution in [1.82, 2.24) is 4.90 Å². The van der Waals surface area contributed by atoms with Crippen molar-refractivity contribution in [2.45, 2.75) is 5.75 Å². The van der Waals surface area contributed by atoms with Crippen molar-refractivity contribution < 1.29 is 14.3 Å². The van der Waals surface area contributed by atoms with Gasteiger partial charge in [0.25, 0.3) is 0 Å². The summed E-state index contributed by atoms with van der Waals surface area (Å²) >= 11 is 1.53. The highest BCUT2D eigenvalue weighted by atomic mass is 32.2.